The Hall–Kier alpha value is -3.91. The third kappa shape index (κ3) is 4.74. The minimum Gasteiger partial charge on any atom is -0.508 e. The average molecular weight is 560 g/mol. The number of nitrogens with one attached hydrogen (secondary N) is 1. The van der Waals surface area contributed by atoms with Crippen LogP contribution in [0.1, 0.15) is 66.9 Å². The molecule has 1 spiro atoms. The Bertz CT molecular complexity index is 1480. The molecule has 0 radical (unpaired) electrons. The molecule has 1 heterocycles. The van der Waals surface area contributed by atoms with Crippen molar-refractivity contribution in [1.82, 2.24) is 5.32 Å². The van der Waals surface area contributed by atoms with Crippen LogP contribution in [0.2, 0.25) is 0 Å². The van der Waals surface area contributed by atoms with Gasteiger partial charge in [-0.05, 0) is 61.2 Å². The molecule has 3 aromatic carbocycles. The standard InChI is InChI=1S/C33H37NO7/c1-19(35)40-18-25-23-7-8-24-29-21(14-22(36)16-28(29)38-3)17-33(10-4-5-11-33)30(24)32(23)41-31(25)20-6-9-26(37)27(15-20)39-13-12-34-2/h6-9,14-16,25,31,34,36-37H,4-5,10-13,17-18H2,1-3H3/t25-,31-/m1/s1. The molecular weight excluding hydrogens is 522 g/mol. The van der Waals surface area contributed by atoms with Gasteiger partial charge in [0.1, 0.15) is 36.6 Å². The maximum absolute atomic E-state index is 11.9. The van der Waals surface area contributed by atoms with Crippen LogP contribution in [0.25, 0.3) is 11.1 Å². The third-order valence-corrected chi connectivity index (χ3v) is 8.86. The van der Waals surface area contributed by atoms with Gasteiger partial charge in [-0.1, -0.05) is 31.0 Å². The fourth-order valence-electron chi connectivity index (χ4n) is 7.09. The molecule has 41 heavy (non-hydrogen) atoms. The van der Waals surface area contributed by atoms with Gasteiger partial charge in [0.25, 0.3) is 0 Å². The van der Waals surface area contributed by atoms with E-state index in [0.29, 0.717) is 24.7 Å². The number of hydrogen-bond acceptors (Lipinski definition) is 8. The average Bonchev–Trinajstić information content (AvgIpc) is 3.57. The summed E-state index contributed by atoms with van der Waals surface area (Å²) in [6.45, 7) is 2.63. The van der Waals surface area contributed by atoms with E-state index in [-0.39, 0.29) is 35.4 Å². The second-order valence-electron chi connectivity index (χ2n) is 11.4. The van der Waals surface area contributed by atoms with E-state index in [0.717, 1.165) is 65.7 Å². The number of carbonyl (C=O) groups excluding carboxylic acids is 1. The van der Waals surface area contributed by atoms with Gasteiger partial charge in [0, 0.05) is 41.6 Å². The Morgan fingerprint density at radius 2 is 1.90 bits per heavy atom. The number of methoxy groups -OCH3 is 1. The monoisotopic (exact) mass is 559 g/mol. The lowest BCUT2D eigenvalue weighted by Crippen LogP contribution is -2.30. The zero-order chi connectivity index (χ0) is 28.7. The minimum absolute atomic E-state index is 0.0612. The fraction of sp³-hybridized carbons (Fsp3) is 0.424. The lowest BCUT2D eigenvalue weighted by atomic mass is 9.65. The van der Waals surface area contributed by atoms with Crippen LogP contribution in [-0.4, -0.2) is 50.1 Å². The molecule has 1 saturated carbocycles. The summed E-state index contributed by atoms with van der Waals surface area (Å²) in [5.41, 5.74) is 6.06. The van der Waals surface area contributed by atoms with E-state index < -0.39 is 6.10 Å². The van der Waals surface area contributed by atoms with Crippen LogP contribution in [0.5, 0.6) is 28.7 Å². The maximum Gasteiger partial charge on any atom is 0.302 e. The number of esters is 1. The van der Waals surface area contributed by atoms with E-state index in [1.165, 1.54) is 12.5 Å². The van der Waals surface area contributed by atoms with Crippen LogP contribution in [-0.2, 0) is 21.4 Å². The van der Waals surface area contributed by atoms with Gasteiger partial charge >= 0.3 is 5.97 Å². The van der Waals surface area contributed by atoms with Gasteiger partial charge in [-0.15, -0.1) is 0 Å². The summed E-state index contributed by atoms with van der Waals surface area (Å²) >= 11 is 0. The van der Waals surface area contributed by atoms with Crippen molar-refractivity contribution in [2.45, 2.75) is 56.5 Å². The molecule has 216 valence electrons. The highest BCUT2D eigenvalue weighted by Gasteiger charge is 2.48. The number of phenolic OH excluding ortho intramolecular Hbond substituents is 2. The second-order valence-corrected chi connectivity index (χ2v) is 11.4. The molecule has 1 aliphatic heterocycles. The number of aromatic hydroxyl groups is 2. The third-order valence-electron chi connectivity index (χ3n) is 8.86. The van der Waals surface area contributed by atoms with Crippen molar-refractivity contribution in [2.24, 2.45) is 0 Å². The number of rotatable bonds is 8. The zero-order valence-electron chi connectivity index (χ0n) is 23.8. The van der Waals surface area contributed by atoms with Crippen molar-refractivity contribution >= 4 is 5.97 Å². The quantitative estimate of drug-likeness (QED) is 0.245. The lowest BCUT2D eigenvalue weighted by Gasteiger charge is -2.39. The van der Waals surface area contributed by atoms with Crippen molar-refractivity contribution in [2.75, 3.05) is 33.9 Å². The first-order valence-corrected chi connectivity index (χ1v) is 14.3. The van der Waals surface area contributed by atoms with Gasteiger partial charge in [-0.25, -0.2) is 0 Å². The predicted molar refractivity (Wildman–Crippen MR) is 154 cm³/mol. The Morgan fingerprint density at radius 1 is 1.10 bits per heavy atom. The number of ether oxygens (including phenoxy) is 4. The summed E-state index contributed by atoms with van der Waals surface area (Å²) in [5.74, 6) is 1.55. The summed E-state index contributed by atoms with van der Waals surface area (Å²) in [7, 11) is 3.47. The highest BCUT2D eigenvalue weighted by molar-refractivity contribution is 5.84. The molecule has 3 N–H and O–H groups in total. The molecular formula is C33H37NO7. The molecule has 0 saturated heterocycles. The van der Waals surface area contributed by atoms with E-state index in [4.69, 9.17) is 18.9 Å². The van der Waals surface area contributed by atoms with Crippen LogP contribution >= 0.6 is 0 Å². The number of benzene rings is 3. The predicted octanol–water partition coefficient (Wildman–Crippen LogP) is 5.52. The van der Waals surface area contributed by atoms with Gasteiger partial charge < -0.3 is 34.5 Å². The number of likely N-dealkylation sites (N-methyl/N-ethyl adjacent to an activating group) is 1. The molecule has 3 aliphatic rings. The number of hydrogen-bond donors (Lipinski definition) is 3. The number of phenols is 2. The minimum atomic E-state index is -0.440. The molecule has 2 aliphatic carbocycles. The molecule has 0 unspecified atom stereocenters. The van der Waals surface area contributed by atoms with Crippen molar-refractivity contribution in [3.8, 4) is 39.9 Å². The van der Waals surface area contributed by atoms with Crippen molar-refractivity contribution in [3.63, 3.8) is 0 Å². The second kappa shape index (κ2) is 10.8. The van der Waals surface area contributed by atoms with Gasteiger partial charge in [0.15, 0.2) is 11.5 Å². The number of carbonyl (C=O) groups is 1. The fourth-order valence-corrected chi connectivity index (χ4v) is 7.09. The van der Waals surface area contributed by atoms with E-state index in [1.54, 1.807) is 19.2 Å². The molecule has 8 heteroatoms. The van der Waals surface area contributed by atoms with E-state index in [2.05, 4.69) is 17.4 Å². The van der Waals surface area contributed by atoms with E-state index in [1.807, 2.05) is 25.2 Å². The molecule has 2 atom stereocenters. The maximum atomic E-state index is 11.9. The van der Waals surface area contributed by atoms with Gasteiger partial charge in [0.2, 0.25) is 0 Å². The van der Waals surface area contributed by atoms with Gasteiger partial charge in [-0.3, -0.25) is 4.79 Å². The topological polar surface area (TPSA) is 106 Å². The molecule has 0 amide bonds. The van der Waals surface area contributed by atoms with Gasteiger partial charge in [0.05, 0.1) is 13.0 Å². The highest BCUT2D eigenvalue weighted by Crippen LogP contribution is 2.61. The summed E-state index contributed by atoms with van der Waals surface area (Å²) < 4.78 is 24.1. The van der Waals surface area contributed by atoms with Gasteiger partial charge in [-0.2, -0.15) is 0 Å². The Labute approximate surface area is 240 Å². The van der Waals surface area contributed by atoms with Crippen LogP contribution in [0.4, 0.5) is 0 Å². The summed E-state index contributed by atoms with van der Waals surface area (Å²) in [6, 6.07) is 13.0. The zero-order valence-corrected chi connectivity index (χ0v) is 23.8. The molecule has 6 rings (SSSR count). The van der Waals surface area contributed by atoms with Crippen LogP contribution < -0.4 is 19.5 Å². The van der Waals surface area contributed by atoms with Crippen molar-refractivity contribution in [3.05, 3.63) is 64.7 Å². The Morgan fingerprint density at radius 3 is 2.63 bits per heavy atom. The first kappa shape index (κ1) is 27.3. The van der Waals surface area contributed by atoms with E-state index >= 15 is 0 Å². The Kier molecular flexibility index (Phi) is 7.20. The van der Waals surface area contributed by atoms with Crippen molar-refractivity contribution in [1.29, 1.82) is 0 Å². The normalized spacial score (nSPS) is 19.7. The van der Waals surface area contributed by atoms with Crippen LogP contribution in [0.15, 0.2) is 42.5 Å². The van der Waals surface area contributed by atoms with Crippen molar-refractivity contribution < 1.29 is 34.0 Å². The van der Waals surface area contributed by atoms with Crippen LogP contribution in [0, 0.1) is 0 Å². The first-order valence-electron chi connectivity index (χ1n) is 14.3. The summed E-state index contributed by atoms with van der Waals surface area (Å²) in [6.07, 6.45) is 4.66. The van der Waals surface area contributed by atoms with E-state index in [9.17, 15) is 15.0 Å². The SMILES string of the molecule is CNCCOc1cc([C@H]2Oc3c(ccc4c3C3(CCCC3)Cc3cc(O)cc(OC)c3-4)[C@H]2COC(C)=O)ccc1O. The molecule has 3 aromatic rings. The largest absolute Gasteiger partial charge is 0.508 e. The first-order chi connectivity index (χ1) is 19.8. The Balaban J connectivity index is 1.49. The van der Waals surface area contributed by atoms with Crippen LogP contribution in [0.3, 0.4) is 0 Å². The molecule has 1 fully saturated rings. The summed E-state index contributed by atoms with van der Waals surface area (Å²) in [4.78, 5) is 11.9. The smallest absolute Gasteiger partial charge is 0.302 e. The molecule has 0 aromatic heterocycles. The number of fused-ring (bicyclic) bond motifs is 6. The lowest BCUT2D eigenvalue weighted by molar-refractivity contribution is -0.141. The molecule has 8 nitrogen and oxygen atoms in total. The summed E-state index contributed by atoms with van der Waals surface area (Å²) in [5, 5.41) is 24.0. The highest BCUT2D eigenvalue weighted by atomic mass is 16.5. The molecule has 0 bridgehead atoms.